The van der Waals surface area contributed by atoms with Crippen molar-refractivity contribution in [2.75, 3.05) is 10.6 Å². The van der Waals surface area contributed by atoms with Gasteiger partial charge in [0.05, 0.1) is 17.8 Å². The molecule has 0 saturated heterocycles. The van der Waals surface area contributed by atoms with E-state index in [4.69, 9.17) is 5.11 Å². The number of anilines is 2. The molecule has 0 radical (unpaired) electrons. The Hall–Kier alpha value is -4.72. The van der Waals surface area contributed by atoms with Gasteiger partial charge in [-0.25, -0.2) is 4.79 Å². The number of hydrogen-bond donors (Lipinski definition) is 3. The topological polar surface area (TPSA) is 113 Å². The van der Waals surface area contributed by atoms with E-state index in [1.807, 2.05) is 54.2 Å². The molecule has 2 aromatic carbocycles. The molecule has 0 spiro atoms. The molecule has 0 aliphatic heterocycles. The summed E-state index contributed by atoms with van der Waals surface area (Å²) in [7, 11) is 0. The molecule has 34 heavy (non-hydrogen) atoms. The van der Waals surface area contributed by atoms with E-state index >= 15 is 0 Å². The molecule has 8 heteroatoms. The Labute approximate surface area is 195 Å². The third-order valence-corrected chi connectivity index (χ3v) is 5.16. The molecule has 4 aromatic rings. The van der Waals surface area contributed by atoms with Gasteiger partial charge in [-0.3, -0.25) is 19.9 Å². The molecule has 2 aromatic heterocycles. The molecule has 0 atom stereocenters. The standard InChI is InChI=1S/C26H22N4O4/c1-17-13-19(9-10-27-17)18-5-4-6-20(14-18)24(31)16-25(32)28-23-15-21(30-11-2-3-12-30)7-8-22(23)29-26(33)34/h2-15,29H,16H2,1H3,(H,28,32)(H,33,34). The van der Waals surface area contributed by atoms with Crippen LogP contribution in [-0.2, 0) is 4.79 Å². The molecular formula is C26H22N4O4. The fourth-order valence-corrected chi connectivity index (χ4v) is 3.57. The Balaban J connectivity index is 1.52. The van der Waals surface area contributed by atoms with E-state index in [2.05, 4.69) is 15.6 Å². The predicted molar refractivity (Wildman–Crippen MR) is 129 cm³/mol. The molecule has 2 heterocycles. The summed E-state index contributed by atoms with van der Waals surface area (Å²) in [6.07, 6.45) is 3.71. The maximum atomic E-state index is 12.8. The maximum absolute atomic E-state index is 12.8. The van der Waals surface area contributed by atoms with Crippen LogP contribution in [0.5, 0.6) is 0 Å². The van der Waals surface area contributed by atoms with E-state index in [0.29, 0.717) is 5.56 Å². The highest BCUT2D eigenvalue weighted by Crippen LogP contribution is 2.26. The largest absolute Gasteiger partial charge is 0.465 e. The summed E-state index contributed by atoms with van der Waals surface area (Å²) in [4.78, 5) is 40.9. The van der Waals surface area contributed by atoms with Crippen molar-refractivity contribution < 1.29 is 19.5 Å². The number of rotatable bonds is 7. The van der Waals surface area contributed by atoms with Crippen molar-refractivity contribution in [2.24, 2.45) is 0 Å². The number of carbonyl (C=O) groups excluding carboxylic acids is 2. The summed E-state index contributed by atoms with van der Waals surface area (Å²) in [6, 6.07) is 19.5. The molecular weight excluding hydrogens is 432 g/mol. The lowest BCUT2D eigenvalue weighted by Gasteiger charge is -2.13. The number of carboxylic acid groups (broad SMARTS) is 1. The number of ketones is 1. The first kappa shape index (κ1) is 22.5. The molecule has 8 nitrogen and oxygen atoms in total. The number of carbonyl (C=O) groups is 3. The van der Waals surface area contributed by atoms with Crippen molar-refractivity contribution in [3.8, 4) is 16.8 Å². The fraction of sp³-hybridized carbons (Fsp3) is 0.0769. The molecule has 2 amide bonds. The van der Waals surface area contributed by atoms with Crippen LogP contribution < -0.4 is 10.6 Å². The highest BCUT2D eigenvalue weighted by molar-refractivity contribution is 6.12. The van der Waals surface area contributed by atoms with Crippen molar-refractivity contribution in [3.63, 3.8) is 0 Å². The van der Waals surface area contributed by atoms with Gasteiger partial charge in [0, 0.05) is 35.5 Å². The summed E-state index contributed by atoms with van der Waals surface area (Å²) in [5, 5.41) is 14.1. The molecule has 0 unspecified atom stereocenters. The van der Waals surface area contributed by atoms with Gasteiger partial charge in [-0.1, -0.05) is 18.2 Å². The first-order chi connectivity index (χ1) is 16.4. The Morgan fingerprint density at radius 2 is 1.65 bits per heavy atom. The average Bonchev–Trinajstić information content (AvgIpc) is 3.35. The van der Waals surface area contributed by atoms with Crippen LogP contribution in [0.25, 0.3) is 16.8 Å². The first-order valence-electron chi connectivity index (χ1n) is 10.5. The van der Waals surface area contributed by atoms with Crippen LogP contribution in [0.3, 0.4) is 0 Å². The molecule has 0 fully saturated rings. The number of hydrogen-bond acceptors (Lipinski definition) is 4. The van der Waals surface area contributed by atoms with Gasteiger partial charge in [0.1, 0.15) is 0 Å². The van der Waals surface area contributed by atoms with E-state index in [-0.39, 0.29) is 23.6 Å². The monoisotopic (exact) mass is 454 g/mol. The molecule has 0 saturated carbocycles. The lowest BCUT2D eigenvalue weighted by atomic mass is 10.0. The average molecular weight is 454 g/mol. The van der Waals surface area contributed by atoms with E-state index in [9.17, 15) is 14.4 Å². The first-order valence-corrected chi connectivity index (χ1v) is 10.5. The molecule has 0 bridgehead atoms. The van der Waals surface area contributed by atoms with Crippen LogP contribution in [-0.4, -0.2) is 32.4 Å². The zero-order chi connectivity index (χ0) is 24.1. The third-order valence-electron chi connectivity index (χ3n) is 5.16. The van der Waals surface area contributed by atoms with Crippen LogP contribution in [0.2, 0.25) is 0 Å². The lowest BCUT2D eigenvalue weighted by Crippen LogP contribution is -2.18. The third kappa shape index (κ3) is 5.36. The smallest absolute Gasteiger partial charge is 0.409 e. The van der Waals surface area contributed by atoms with Gasteiger partial charge in [-0.15, -0.1) is 0 Å². The SMILES string of the molecule is Cc1cc(-c2cccc(C(=O)CC(=O)Nc3cc(-n4cccc4)ccc3NC(=O)O)c2)ccn1. The van der Waals surface area contributed by atoms with Crippen molar-refractivity contribution in [1.29, 1.82) is 0 Å². The van der Waals surface area contributed by atoms with E-state index in [0.717, 1.165) is 22.5 Å². The van der Waals surface area contributed by atoms with Gasteiger partial charge < -0.3 is 15.0 Å². The minimum atomic E-state index is -1.26. The quantitative estimate of drug-likeness (QED) is 0.264. The van der Waals surface area contributed by atoms with Crippen LogP contribution in [0, 0.1) is 6.92 Å². The number of nitrogens with one attached hydrogen (secondary N) is 2. The van der Waals surface area contributed by atoms with Crippen LogP contribution >= 0.6 is 0 Å². The van der Waals surface area contributed by atoms with E-state index in [1.165, 1.54) is 0 Å². The number of aromatic nitrogens is 2. The van der Waals surface area contributed by atoms with Gasteiger partial charge in [0.25, 0.3) is 0 Å². The second kappa shape index (κ2) is 9.83. The Bertz CT molecular complexity index is 1360. The highest BCUT2D eigenvalue weighted by Gasteiger charge is 2.16. The summed E-state index contributed by atoms with van der Waals surface area (Å²) in [5.41, 5.74) is 4.24. The highest BCUT2D eigenvalue weighted by atomic mass is 16.4. The van der Waals surface area contributed by atoms with Gasteiger partial charge in [-0.05, 0) is 66.6 Å². The van der Waals surface area contributed by atoms with Crippen LogP contribution in [0.1, 0.15) is 22.5 Å². The minimum Gasteiger partial charge on any atom is -0.465 e. The Kier molecular flexibility index (Phi) is 6.49. The minimum absolute atomic E-state index is 0.208. The normalized spacial score (nSPS) is 10.5. The number of amides is 2. The zero-order valence-electron chi connectivity index (χ0n) is 18.4. The number of Topliss-reactive ketones (excluding diaryl/α,β-unsaturated/α-hetero) is 1. The van der Waals surface area contributed by atoms with Crippen molar-refractivity contribution in [3.05, 3.63) is 96.6 Å². The second-order valence-corrected chi connectivity index (χ2v) is 7.67. The number of nitrogens with zero attached hydrogens (tertiary/aromatic N) is 2. The Morgan fingerprint density at radius 1 is 0.882 bits per heavy atom. The maximum Gasteiger partial charge on any atom is 0.409 e. The molecule has 3 N–H and O–H groups in total. The fourth-order valence-electron chi connectivity index (χ4n) is 3.57. The molecule has 4 rings (SSSR count). The number of pyridine rings is 1. The molecule has 0 aliphatic carbocycles. The summed E-state index contributed by atoms with van der Waals surface area (Å²) in [6.45, 7) is 1.89. The van der Waals surface area contributed by atoms with Gasteiger partial charge in [0.2, 0.25) is 5.91 Å². The van der Waals surface area contributed by atoms with Gasteiger partial charge in [0.15, 0.2) is 5.78 Å². The Morgan fingerprint density at radius 3 is 2.38 bits per heavy atom. The second-order valence-electron chi connectivity index (χ2n) is 7.67. The van der Waals surface area contributed by atoms with Crippen LogP contribution in [0.15, 0.2) is 85.3 Å². The summed E-state index contributed by atoms with van der Waals surface area (Å²) in [5.74, 6) is -0.896. The van der Waals surface area contributed by atoms with Crippen molar-refractivity contribution in [1.82, 2.24) is 9.55 Å². The number of benzene rings is 2. The summed E-state index contributed by atoms with van der Waals surface area (Å²) < 4.78 is 1.82. The number of aryl methyl sites for hydroxylation is 1. The zero-order valence-corrected chi connectivity index (χ0v) is 18.4. The molecule has 170 valence electrons. The van der Waals surface area contributed by atoms with Crippen molar-refractivity contribution in [2.45, 2.75) is 13.3 Å². The van der Waals surface area contributed by atoms with Gasteiger partial charge in [-0.2, -0.15) is 0 Å². The molecule has 0 aliphatic rings. The summed E-state index contributed by atoms with van der Waals surface area (Å²) >= 11 is 0. The van der Waals surface area contributed by atoms with Gasteiger partial charge >= 0.3 is 6.09 Å². The van der Waals surface area contributed by atoms with Crippen molar-refractivity contribution >= 4 is 29.2 Å². The predicted octanol–water partition coefficient (Wildman–Crippen LogP) is 5.15. The lowest BCUT2D eigenvalue weighted by molar-refractivity contribution is -0.115. The van der Waals surface area contributed by atoms with E-state index < -0.39 is 12.0 Å². The van der Waals surface area contributed by atoms with E-state index in [1.54, 1.807) is 42.6 Å². The van der Waals surface area contributed by atoms with Crippen LogP contribution in [0.4, 0.5) is 16.2 Å².